The van der Waals surface area contributed by atoms with E-state index in [1.807, 2.05) is 0 Å². The summed E-state index contributed by atoms with van der Waals surface area (Å²) < 4.78 is 31.5. The van der Waals surface area contributed by atoms with E-state index in [0.29, 0.717) is 6.07 Å². The topological polar surface area (TPSA) is 92.8 Å². The molecule has 0 saturated carbocycles. The summed E-state index contributed by atoms with van der Waals surface area (Å²) in [5.41, 5.74) is 0.425. The van der Waals surface area contributed by atoms with Crippen LogP contribution in [0.25, 0.3) is 0 Å². The zero-order valence-electron chi connectivity index (χ0n) is 16.3. The molecule has 1 N–H and O–H groups in total. The highest BCUT2D eigenvalue weighted by Gasteiger charge is 2.36. The molecule has 0 aliphatic carbocycles. The number of amides is 3. The van der Waals surface area contributed by atoms with Crippen molar-refractivity contribution in [3.8, 4) is 0 Å². The fourth-order valence-electron chi connectivity index (χ4n) is 3.19. The summed E-state index contributed by atoms with van der Waals surface area (Å²) in [5, 5.41) is 2.17. The molecule has 4 rings (SSSR count). The molecular formula is C23H14F2N2O5. The Morgan fingerprint density at radius 2 is 1.56 bits per heavy atom. The highest BCUT2D eigenvalue weighted by atomic mass is 19.1. The van der Waals surface area contributed by atoms with Crippen LogP contribution in [-0.2, 0) is 9.53 Å². The number of rotatable bonds is 5. The van der Waals surface area contributed by atoms with Crippen LogP contribution in [0.15, 0.2) is 66.7 Å². The summed E-state index contributed by atoms with van der Waals surface area (Å²) in [5.74, 6) is -4.53. The van der Waals surface area contributed by atoms with Gasteiger partial charge in [-0.05, 0) is 42.5 Å². The SMILES string of the molecule is O=C(COC(=O)c1cccc(N2C(=O)c3ccccc3C2=O)c1)Nc1ccc(F)cc1F. The molecule has 1 aliphatic rings. The molecule has 0 aromatic heterocycles. The first-order chi connectivity index (χ1) is 15.3. The molecule has 3 aromatic rings. The van der Waals surface area contributed by atoms with Crippen molar-refractivity contribution >= 4 is 35.1 Å². The second-order valence-corrected chi connectivity index (χ2v) is 6.79. The van der Waals surface area contributed by atoms with E-state index in [-0.39, 0.29) is 28.1 Å². The van der Waals surface area contributed by atoms with Crippen LogP contribution < -0.4 is 10.2 Å². The molecule has 160 valence electrons. The minimum absolute atomic E-state index is 0.000168. The summed E-state index contributed by atoms with van der Waals surface area (Å²) in [6.07, 6.45) is 0. The first-order valence-corrected chi connectivity index (χ1v) is 9.35. The highest BCUT2D eigenvalue weighted by Crippen LogP contribution is 2.28. The van der Waals surface area contributed by atoms with E-state index in [4.69, 9.17) is 4.74 Å². The summed E-state index contributed by atoms with van der Waals surface area (Å²) >= 11 is 0. The number of hydrogen-bond acceptors (Lipinski definition) is 5. The number of hydrogen-bond donors (Lipinski definition) is 1. The average molecular weight is 436 g/mol. The van der Waals surface area contributed by atoms with E-state index in [9.17, 15) is 28.0 Å². The largest absolute Gasteiger partial charge is 0.452 e. The fraction of sp³-hybridized carbons (Fsp3) is 0.0435. The first-order valence-electron chi connectivity index (χ1n) is 9.35. The van der Waals surface area contributed by atoms with Crippen LogP contribution in [0.2, 0.25) is 0 Å². The molecule has 32 heavy (non-hydrogen) atoms. The summed E-state index contributed by atoms with van der Waals surface area (Å²) in [7, 11) is 0. The number of carbonyl (C=O) groups excluding carboxylic acids is 4. The number of anilines is 2. The second-order valence-electron chi connectivity index (χ2n) is 6.79. The zero-order chi connectivity index (χ0) is 22.8. The van der Waals surface area contributed by atoms with E-state index in [0.717, 1.165) is 17.0 Å². The van der Waals surface area contributed by atoms with Gasteiger partial charge in [-0.3, -0.25) is 14.4 Å². The van der Waals surface area contributed by atoms with Gasteiger partial charge in [0.25, 0.3) is 17.7 Å². The first kappa shape index (κ1) is 20.9. The number of nitrogens with one attached hydrogen (secondary N) is 1. The van der Waals surface area contributed by atoms with Crippen molar-refractivity contribution in [2.24, 2.45) is 0 Å². The fourth-order valence-corrected chi connectivity index (χ4v) is 3.19. The van der Waals surface area contributed by atoms with E-state index < -0.39 is 41.9 Å². The van der Waals surface area contributed by atoms with Crippen molar-refractivity contribution in [3.63, 3.8) is 0 Å². The number of halogens is 2. The van der Waals surface area contributed by atoms with E-state index in [2.05, 4.69) is 5.32 Å². The number of esters is 1. The van der Waals surface area contributed by atoms with Gasteiger partial charge < -0.3 is 10.1 Å². The van der Waals surface area contributed by atoms with Gasteiger partial charge in [-0.1, -0.05) is 18.2 Å². The van der Waals surface area contributed by atoms with Crippen molar-refractivity contribution in [3.05, 3.63) is 95.1 Å². The number of imide groups is 1. The molecule has 3 aromatic carbocycles. The van der Waals surface area contributed by atoms with Gasteiger partial charge >= 0.3 is 5.97 Å². The molecule has 0 radical (unpaired) electrons. The Morgan fingerprint density at radius 3 is 2.22 bits per heavy atom. The predicted molar refractivity (Wildman–Crippen MR) is 109 cm³/mol. The van der Waals surface area contributed by atoms with Gasteiger partial charge in [-0.25, -0.2) is 18.5 Å². The van der Waals surface area contributed by atoms with Gasteiger partial charge in [-0.15, -0.1) is 0 Å². The van der Waals surface area contributed by atoms with E-state index in [1.165, 1.54) is 36.4 Å². The minimum atomic E-state index is -0.974. The lowest BCUT2D eigenvalue weighted by molar-refractivity contribution is -0.119. The molecule has 0 spiro atoms. The van der Waals surface area contributed by atoms with Gasteiger partial charge in [0, 0.05) is 6.07 Å². The molecule has 1 heterocycles. The maximum atomic E-state index is 13.6. The quantitative estimate of drug-likeness (QED) is 0.488. The van der Waals surface area contributed by atoms with Crippen LogP contribution in [0.3, 0.4) is 0 Å². The van der Waals surface area contributed by atoms with E-state index >= 15 is 0 Å². The third kappa shape index (κ3) is 3.95. The standard InChI is InChI=1S/C23H14F2N2O5/c24-14-8-9-19(18(25)11-14)26-20(28)12-32-23(31)13-4-3-5-15(10-13)27-21(29)16-6-1-2-7-17(16)22(27)30/h1-11H,12H2,(H,26,28). The van der Waals surface area contributed by atoms with Gasteiger partial charge in [0.2, 0.25) is 0 Å². The normalized spacial score (nSPS) is 12.5. The molecule has 0 atom stereocenters. The smallest absolute Gasteiger partial charge is 0.338 e. The van der Waals surface area contributed by atoms with Crippen LogP contribution in [-0.4, -0.2) is 30.3 Å². The van der Waals surface area contributed by atoms with Crippen LogP contribution in [0.4, 0.5) is 20.2 Å². The Morgan fingerprint density at radius 1 is 0.875 bits per heavy atom. The summed E-state index contributed by atoms with van der Waals surface area (Å²) in [6.45, 7) is -0.729. The lowest BCUT2D eigenvalue weighted by atomic mass is 10.1. The molecule has 7 nitrogen and oxygen atoms in total. The Labute approximate surface area is 180 Å². The predicted octanol–water partition coefficient (Wildman–Crippen LogP) is 3.56. The Balaban J connectivity index is 1.43. The average Bonchev–Trinajstić information content (AvgIpc) is 3.04. The van der Waals surface area contributed by atoms with Gasteiger partial charge in [0.05, 0.1) is 28.1 Å². The van der Waals surface area contributed by atoms with Crippen molar-refractivity contribution in [1.82, 2.24) is 0 Å². The number of nitrogens with zero attached hydrogens (tertiary/aromatic N) is 1. The molecular weight excluding hydrogens is 422 g/mol. The molecule has 0 bridgehead atoms. The Hall–Kier alpha value is -4.40. The third-order valence-electron chi connectivity index (χ3n) is 4.67. The molecule has 1 aliphatic heterocycles. The minimum Gasteiger partial charge on any atom is -0.452 e. The van der Waals surface area contributed by atoms with Crippen LogP contribution >= 0.6 is 0 Å². The maximum absolute atomic E-state index is 13.6. The lowest BCUT2D eigenvalue weighted by Crippen LogP contribution is -2.29. The number of ether oxygens (including phenoxy) is 1. The van der Waals surface area contributed by atoms with Crippen molar-refractivity contribution < 1.29 is 32.7 Å². The van der Waals surface area contributed by atoms with Crippen molar-refractivity contribution in [1.29, 1.82) is 0 Å². The molecule has 0 fully saturated rings. The third-order valence-corrected chi connectivity index (χ3v) is 4.67. The van der Waals surface area contributed by atoms with Crippen molar-refractivity contribution in [2.45, 2.75) is 0 Å². The van der Waals surface area contributed by atoms with Crippen LogP contribution in [0.5, 0.6) is 0 Å². The monoisotopic (exact) mass is 436 g/mol. The molecule has 3 amide bonds. The van der Waals surface area contributed by atoms with Crippen molar-refractivity contribution in [2.75, 3.05) is 16.8 Å². The lowest BCUT2D eigenvalue weighted by Gasteiger charge is -2.15. The molecule has 0 saturated heterocycles. The zero-order valence-corrected chi connectivity index (χ0v) is 16.3. The molecule has 9 heteroatoms. The highest BCUT2D eigenvalue weighted by molar-refractivity contribution is 6.34. The van der Waals surface area contributed by atoms with E-state index in [1.54, 1.807) is 12.1 Å². The number of carbonyl (C=O) groups is 4. The van der Waals surface area contributed by atoms with Gasteiger partial charge in [0.15, 0.2) is 6.61 Å². The summed E-state index contributed by atoms with van der Waals surface area (Å²) in [4.78, 5) is 50.4. The van der Waals surface area contributed by atoms with Gasteiger partial charge in [0.1, 0.15) is 11.6 Å². The Kier molecular flexibility index (Phi) is 5.46. The van der Waals surface area contributed by atoms with Crippen LogP contribution in [0.1, 0.15) is 31.1 Å². The second kappa shape index (κ2) is 8.38. The molecule has 0 unspecified atom stereocenters. The van der Waals surface area contributed by atoms with Gasteiger partial charge in [-0.2, -0.15) is 0 Å². The Bertz CT molecular complexity index is 1240. The summed E-state index contributed by atoms with van der Waals surface area (Å²) in [6, 6.07) is 14.6. The number of fused-ring (bicyclic) bond motifs is 1. The maximum Gasteiger partial charge on any atom is 0.338 e. The number of benzene rings is 3. The van der Waals surface area contributed by atoms with Crippen LogP contribution in [0, 0.1) is 11.6 Å².